The number of carbonyl (C=O) groups is 1. The van der Waals surface area contributed by atoms with E-state index in [0.717, 1.165) is 36.4 Å². The Morgan fingerprint density at radius 1 is 0.923 bits per heavy atom. The summed E-state index contributed by atoms with van der Waals surface area (Å²) in [6.07, 6.45) is 3.16. The van der Waals surface area contributed by atoms with Crippen molar-refractivity contribution >= 4 is 11.6 Å². The van der Waals surface area contributed by atoms with Gasteiger partial charge in [0.05, 0.1) is 13.2 Å². The van der Waals surface area contributed by atoms with E-state index in [1.54, 1.807) is 12.1 Å². The van der Waals surface area contributed by atoms with Gasteiger partial charge in [0.15, 0.2) is 0 Å². The summed E-state index contributed by atoms with van der Waals surface area (Å²) in [6, 6.07) is 14.7. The Morgan fingerprint density at radius 2 is 1.50 bits per heavy atom. The van der Waals surface area contributed by atoms with E-state index >= 15 is 0 Å². The molecule has 26 heavy (non-hydrogen) atoms. The van der Waals surface area contributed by atoms with Crippen LogP contribution in [0, 0.1) is 5.92 Å². The molecule has 0 unspecified atom stereocenters. The van der Waals surface area contributed by atoms with Gasteiger partial charge in [-0.25, -0.2) is 0 Å². The molecule has 0 aliphatic rings. The molecule has 0 atom stereocenters. The van der Waals surface area contributed by atoms with Gasteiger partial charge in [-0.05, 0) is 67.3 Å². The summed E-state index contributed by atoms with van der Waals surface area (Å²) in [5, 5.41) is 2.89. The maximum atomic E-state index is 12.3. The van der Waals surface area contributed by atoms with E-state index in [0.29, 0.717) is 24.7 Å². The highest BCUT2D eigenvalue weighted by atomic mass is 16.5. The molecule has 2 aromatic carbocycles. The van der Waals surface area contributed by atoms with Crippen LogP contribution in [0.15, 0.2) is 48.5 Å². The number of nitrogens with one attached hydrogen (secondary N) is 1. The fraction of sp³-hybridized carbons (Fsp3) is 0.409. The summed E-state index contributed by atoms with van der Waals surface area (Å²) < 4.78 is 11.3. The minimum Gasteiger partial charge on any atom is -0.494 e. The van der Waals surface area contributed by atoms with Crippen LogP contribution in [0.4, 0.5) is 5.69 Å². The predicted molar refractivity (Wildman–Crippen MR) is 106 cm³/mol. The van der Waals surface area contributed by atoms with Gasteiger partial charge >= 0.3 is 0 Å². The first-order valence-electron chi connectivity index (χ1n) is 9.35. The third-order valence-corrected chi connectivity index (χ3v) is 3.96. The molecule has 0 heterocycles. The van der Waals surface area contributed by atoms with Gasteiger partial charge in [0.1, 0.15) is 11.5 Å². The zero-order valence-corrected chi connectivity index (χ0v) is 16.0. The lowest BCUT2D eigenvalue weighted by molar-refractivity contribution is 0.102. The molecule has 0 saturated heterocycles. The van der Waals surface area contributed by atoms with Crippen molar-refractivity contribution in [2.75, 3.05) is 18.5 Å². The summed E-state index contributed by atoms with van der Waals surface area (Å²) in [7, 11) is 0. The second-order valence-electron chi connectivity index (χ2n) is 6.74. The molecule has 0 spiro atoms. The standard InChI is InChI=1S/C22H29NO3/c1-4-5-15-25-21-12-8-19(9-13-21)23-22(24)18-6-10-20(11-7-18)26-16-14-17(2)3/h6-13,17H,4-5,14-16H2,1-3H3,(H,23,24). The van der Waals surface area contributed by atoms with Crippen molar-refractivity contribution in [3.8, 4) is 11.5 Å². The van der Waals surface area contributed by atoms with E-state index < -0.39 is 0 Å². The summed E-state index contributed by atoms with van der Waals surface area (Å²) in [6.45, 7) is 7.87. The van der Waals surface area contributed by atoms with Crippen LogP contribution in [0.25, 0.3) is 0 Å². The highest BCUT2D eigenvalue weighted by Crippen LogP contribution is 2.18. The lowest BCUT2D eigenvalue weighted by Gasteiger charge is -2.10. The molecule has 2 rings (SSSR count). The number of rotatable bonds is 10. The quantitative estimate of drug-likeness (QED) is 0.569. The Hall–Kier alpha value is -2.49. The van der Waals surface area contributed by atoms with Gasteiger partial charge in [0.25, 0.3) is 5.91 Å². The highest BCUT2D eigenvalue weighted by molar-refractivity contribution is 6.04. The van der Waals surface area contributed by atoms with Crippen LogP contribution in [0.2, 0.25) is 0 Å². The molecule has 0 aliphatic heterocycles. The fourth-order valence-electron chi connectivity index (χ4n) is 2.29. The normalized spacial score (nSPS) is 10.6. The molecule has 4 nitrogen and oxygen atoms in total. The number of hydrogen-bond donors (Lipinski definition) is 1. The molecule has 2 aromatic rings. The molecular weight excluding hydrogens is 326 g/mol. The molecular formula is C22H29NO3. The van der Waals surface area contributed by atoms with Gasteiger partial charge in [0, 0.05) is 11.3 Å². The van der Waals surface area contributed by atoms with E-state index in [9.17, 15) is 4.79 Å². The van der Waals surface area contributed by atoms with E-state index in [-0.39, 0.29) is 5.91 Å². The Balaban J connectivity index is 1.85. The number of hydrogen-bond acceptors (Lipinski definition) is 3. The van der Waals surface area contributed by atoms with Crippen molar-refractivity contribution in [2.24, 2.45) is 5.92 Å². The topological polar surface area (TPSA) is 47.6 Å². The number of anilines is 1. The zero-order valence-electron chi connectivity index (χ0n) is 16.0. The number of amides is 1. The van der Waals surface area contributed by atoms with E-state index in [1.807, 2.05) is 36.4 Å². The van der Waals surface area contributed by atoms with Crippen LogP contribution >= 0.6 is 0 Å². The largest absolute Gasteiger partial charge is 0.494 e. The van der Waals surface area contributed by atoms with Crippen LogP contribution in [0.1, 0.15) is 50.4 Å². The molecule has 1 amide bonds. The average Bonchev–Trinajstić information content (AvgIpc) is 2.63. The Kier molecular flexibility index (Phi) is 8.00. The van der Waals surface area contributed by atoms with Gasteiger partial charge < -0.3 is 14.8 Å². The van der Waals surface area contributed by atoms with Crippen molar-refractivity contribution in [3.63, 3.8) is 0 Å². The van der Waals surface area contributed by atoms with Crippen molar-refractivity contribution < 1.29 is 14.3 Å². The van der Waals surface area contributed by atoms with Gasteiger partial charge in [-0.3, -0.25) is 4.79 Å². The smallest absolute Gasteiger partial charge is 0.255 e. The first-order valence-corrected chi connectivity index (χ1v) is 9.35. The zero-order chi connectivity index (χ0) is 18.8. The van der Waals surface area contributed by atoms with Crippen LogP contribution in [0.5, 0.6) is 11.5 Å². The molecule has 0 aromatic heterocycles. The molecule has 1 N–H and O–H groups in total. The summed E-state index contributed by atoms with van der Waals surface area (Å²) in [5.74, 6) is 2.08. The van der Waals surface area contributed by atoms with Crippen LogP contribution in [-0.4, -0.2) is 19.1 Å². The molecule has 4 heteroatoms. The molecule has 140 valence electrons. The first kappa shape index (κ1) is 19.8. The van der Waals surface area contributed by atoms with Crippen molar-refractivity contribution in [1.82, 2.24) is 0 Å². The second-order valence-corrected chi connectivity index (χ2v) is 6.74. The predicted octanol–water partition coefficient (Wildman–Crippen LogP) is 5.54. The molecule has 0 fully saturated rings. The Morgan fingerprint density at radius 3 is 2.08 bits per heavy atom. The molecule has 0 bridgehead atoms. The highest BCUT2D eigenvalue weighted by Gasteiger charge is 2.07. The SMILES string of the molecule is CCCCOc1ccc(NC(=O)c2ccc(OCCC(C)C)cc2)cc1. The minimum absolute atomic E-state index is 0.140. The molecule has 0 aliphatic carbocycles. The van der Waals surface area contributed by atoms with Crippen LogP contribution < -0.4 is 14.8 Å². The number of carbonyl (C=O) groups excluding carboxylic acids is 1. The lowest BCUT2D eigenvalue weighted by Crippen LogP contribution is -2.11. The van der Waals surface area contributed by atoms with Gasteiger partial charge in [-0.15, -0.1) is 0 Å². The van der Waals surface area contributed by atoms with Gasteiger partial charge in [-0.2, -0.15) is 0 Å². The fourth-order valence-corrected chi connectivity index (χ4v) is 2.29. The average molecular weight is 355 g/mol. The maximum absolute atomic E-state index is 12.3. The summed E-state index contributed by atoms with van der Waals surface area (Å²) >= 11 is 0. The van der Waals surface area contributed by atoms with Crippen molar-refractivity contribution in [1.29, 1.82) is 0 Å². The summed E-state index contributed by atoms with van der Waals surface area (Å²) in [5.41, 5.74) is 1.35. The van der Waals surface area contributed by atoms with Crippen molar-refractivity contribution in [3.05, 3.63) is 54.1 Å². The first-order chi connectivity index (χ1) is 12.6. The lowest BCUT2D eigenvalue weighted by atomic mass is 10.1. The summed E-state index contributed by atoms with van der Waals surface area (Å²) in [4.78, 5) is 12.3. The third-order valence-electron chi connectivity index (χ3n) is 3.96. The second kappa shape index (κ2) is 10.5. The van der Waals surface area contributed by atoms with Gasteiger partial charge in [-0.1, -0.05) is 27.2 Å². The number of unbranched alkanes of at least 4 members (excludes halogenated alkanes) is 1. The maximum Gasteiger partial charge on any atom is 0.255 e. The van der Waals surface area contributed by atoms with E-state index in [1.165, 1.54) is 0 Å². The van der Waals surface area contributed by atoms with Gasteiger partial charge in [0.2, 0.25) is 0 Å². The van der Waals surface area contributed by atoms with Crippen LogP contribution in [-0.2, 0) is 0 Å². The van der Waals surface area contributed by atoms with E-state index in [2.05, 4.69) is 26.1 Å². The molecule has 0 radical (unpaired) electrons. The minimum atomic E-state index is -0.140. The third kappa shape index (κ3) is 6.79. The Bertz CT molecular complexity index is 663. The van der Waals surface area contributed by atoms with E-state index in [4.69, 9.17) is 9.47 Å². The van der Waals surface area contributed by atoms with Crippen LogP contribution in [0.3, 0.4) is 0 Å². The number of benzene rings is 2. The number of ether oxygens (including phenoxy) is 2. The van der Waals surface area contributed by atoms with Crippen molar-refractivity contribution in [2.45, 2.75) is 40.0 Å². The molecule has 0 saturated carbocycles. The monoisotopic (exact) mass is 355 g/mol. The Labute approximate surface area is 156 Å².